The summed E-state index contributed by atoms with van der Waals surface area (Å²) in [6.07, 6.45) is -3.21. The lowest BCUT2D eigenvalue weighted by Crippen LogP contribution is -2.37. The number of rotatable bonds is 5. The molecule has 1 aliphatic heterocycles. The number of benzene rings is 2. The van der Waals surface area contributed by atoms with Gasteiger partial charge in [0.25, 0.3) is 0 Å². The van der Waals surface area contributed by atoms with Crippen LogP contribution in [-0.4, -0.2) is 30.3 Å². The summed E-state index contributed by atoms with van der Waals surface area (Å²) in [6, 6.07) is 15.4. The molecule has 144 valence electrons. The van der Waals surface area contributed by atoms with Crippen LogP contribution in [0.2, 0.25) is 0 Å². The largest absolute Gasteiger partial charge is 0.573 e. The Bertz CT molecular complexity index is 740. The Morgan fingerprint density at radius 2 is 1.67 bits per heavy atom. The van der Waals surface area contributed by atoms with Gasteiger partial charge in [0.15, 0.2) is 0 Å². The Morgan fingerprint density at radius 1 is 1.04 bits per heavy atom. The highest BCUT2D eigenvalue weighted by Crippen LogP contribution is 2.25. The van der Waals surface area contributed by atoms with Crippen LogP contribution in [-0.2, 0) is 11.3 Å². The molecule has 2 aromatic rings. The van der Waals surface area contributed by atoms with Crippen molar-refractivity contribution in [3.8, 4) is 5.75 Å². The minimum absolute atomic E-state index is 0.0943. The first-order valence-electron chi connectivity index (χ1n) is 8.82. The van der Waals surface area contributed by atoms with Crippen LogP contribution in [0, 0.1) is 5.92 Å². The lowest BCUT2D eigenvalue weighted by atomic mass is 9.95. The third-order valence-electron chi connectivity index (χ3n) is 4.56. The zero-order valence-electron chi connectivity index (χ0n) is 14.7. The number of nitrogens with zero attached hydrogens (tertiary/aromatic N) is 1. The van der Waals surface area contributed by atoms with Gasteiger partial charge in [-0.1, -0.05) is 30.3 Å². The van der Waals surface area contributed by atoms with E-state index in [-0.39, 0.29) is 17.6 Å². The van der Waals surface area contributed by atoms with E-state index in [0.29, 0.717) is 5.69 Å². The number of alkyl halides is 3. The van der Waals surface area contributed by atoms with Crippen molar-refractivity contribution in [2.24, 2.45) is 5.92 Å². The predicted molar refractivity (Wildman–Crippen MR) is 96.2 cm³/mol. The normalized spacial score (nSPS) is 16.1. The molecule has 4 nitrogen and oxygen atoms in total. The Labute approximate surface area is 155 Å². The summed E-state index contributed by atoms with van der Waals surface area (Å²) in [7, 11) is 0. The Kier molecular flexibility index (Phi) is 6.01. The minimum Gasteiger partial charge on any atom is -0.406 e. The Balaban J connectivity index is 1.46. The molecule has 1 aliphatic rings. The molecule has 0 unspecified atom stereocenters. The summed E-state index contributed by atoms with van der Waals surface area (Å²) < 4.78 is 40.3. The van der Waals surface area contributed by atoms with Crippen LogP contribution in [0.1, 0.15) is 18.4 Å². The summed E-state index contributed by atoms with van der Waals surface area (Å²) in [4.78, 5) is 14.7. The smallest absolute Gasteiger partial charge is 0.406 e. The second kappa shape index (κ2) is 8.43. The van der Waals surface area contributed by atoms with Gasteiger partial charge in [-0.25, -0.2) is 0 Å². The van der Waals surface area contributed by atoms with Gasteiger partial charge in [0.2, 0.25) is 5.91 Å². The monoisotopic (exact) mass is 378 g/mol. The molecular weight excluding hydrogens is 357 g/mol. The van der Waals surface area contributed by atoms with Crippen molar-refractivity contribution in [2.45, 2.75) is 25.7 Å². The topological polar surface area (TPSA) is 41.6 Å². The van der Waals surface area contributed by atoms with Crippen LogP contribution in [0.3, 0.4) is 0 Å². The molecule has 0 spiro atoms. The van der Waals surface area contributed by atoms with Crippen molar-refractivity contribution in [1.29, 1.82) is 0 Å². The van der Waals surface area contributed by atoms with E-state index >= 15 is 0 Å². The third kappa shape index (κ3) is 5.99. The van der Waals surface area contributed by atoms with Crippen molar-refractivity contribution in [3.05, 3.63) is 60.2 Å². The molecule has 1 N–H and O–H groups in total. The molecule has 27 heavy (non-hydrogen) atoms. The highest BCUT2D eigenvalue weighted by molar-refractivity contribution is 5.92. The van der Waals surface area contributed by atoms with E-state index in [0.717, 1.165) is 32.5 Å². The molecule has 0 saturated carbocycles. The van der Waals surface area contributed by atoms with Crippen molar-refractivity contribution in [2.75, 3.05) is 18.4 Å². The number of nitrogens with one attached hydrogen (secondary N) is 1. The fourth-order valence-corrected chi connectivity index (χ4v) is 3.18. The number of carbonyl (C=O) groups is 1. The lowest BCUT2D eigenvalue weighted by molar-refractivity contribution is -0.274. The molecule has 2 aromatic carbocycles. The van der Waals surface area contributed by atoms with Gasteiger partial charge in [-0.3, -0.25) is 9.69 Å². The van der Waals surface area contributed by atoms with E-state index in [1.807, 2.05) is 18.2 Å². The summed E-state index contributed by atoms with van der Waals surface area (Å²) in [5.41, 5.74) is 1.71. The van der Waals surface area contributed by atoms with E-state index in [1.165, 1.54) is 29.8 Å². The number of amides is 1. The van der Waals surface area contributed by atoms with Gasteiger partial charge < -0.3 is 10.1 Å². The van der Waals surface area contributed by atoms with Crippen LogP contribution >= 0.6 is 0 Å². The quantitative estimate of drug-likeness (QED) is 0.837. The van der Waals surface area contributed by atoms with E-state index in [2.05, 4.69) is 27.1 Å². The van der Waals surface area contributed by atoms with Crippen molar-refractivity contribution >= 4 is 11.6 Å². The van der Waals surface area contributed by atoms with E-state index < -0.39 is 6.36 Å². The Hall–Kier alpha value is -2.54. The average Bonchev–Trinajstić information content (AvgIpc) is 2.63. The molecule has 3 rings (SSSR count). The number of piperidine rings is 1. The van der Waals surface area contributed by atoms with Crippen molar-refractivity contribution in [3.63, 3.8) is 0 Å². The second-order valence-electron chi connectivity index (χ2n) is 6.60. The van der Waals surface area contributed by atoms with Crippen LogP contribution in [0.5, 0.6) is 5.75 Å². The summed E-state index contributed by atoms with van der Waals surface area (Å²) in [6.45, 7) is 2.55. The summed E-state index contributed by atoms with van der Waals surface area (Å²) >= 11 is 0. The van der Waals surface area contributed by atoms with Gasteiger partial charge >= 0.3 is 6.36 Å². The van der Waals surface area contributed by atoms with Gasteiger partial charge in [-0.15, -0.1) is 13.2 Å². The molecule has 0 atom stereocenters. The van der Waals surface area contributed by atoms with Crippen LogP contribution in [0.15, 0.2) is 54.6 Å². The zero-order valence-corrected chi connectivity index (χ0v) is 14.7. The number of anilines is 1. The fourth-order valence-electron chi connectivity index (χ4n) is 3.18. The lowest BCUT2D eigenvalue weighted by Gasteiger charge is -2.31. The maximum atomic E-state index is 12.4. The number of hydrogen-bond donors (Lipinski definition) is 1. The fraction of sp³-hybridized carbons (Fsp3) is 0.350. The van der Waals surface area contributed by atoms with Crippen LogP contribution in [0.25, 0.3) is 0 Å². The third-order valence-corrected chi connectivity index (χ3v) is 4.56. The maximum Gasteiger partial charge on any atom is 0.573 e. The highest BCUT2D eigenvalue weighted by atomic mass is 19.4. The first kappa shape index (κ1) is 19.2. The standard InChI is InChI=1S/C20H21F3N2O2/c21-20(22,23)27-18-8-6-17(7-9-18)24-19(26)16-10-12-25(13-11-16)14-15-4-2-1-3-5-15/h1-9,16H,10-14H2,(H,24,26). The van der Waals surface area contributed by atoms with Crippen molar-refractivity contribution in [1.82, 2.24) is 4.90 Å². The van der Waals surface area contributed by atoms with Gasteiger partial charge in [-0.05, 0) is 55.8 Å². The SMILES string of the molecule is O=C(Nc1ccc(OC(F)(F)F)cc1)C1CCN(Cc2ccccc2)CC1. The molecule has 1 fully saturated rings. The molecular formula is C20H21F3N2O2. The average molecular weight is 378 g/mol. The summed E-state index contributed by atoms with van der Waals surface area (Å²) in [5.74, 6) is -0.503. The molecule has 1 saturated heterocycles. The molecule has 1 amide bonds. The molecule has 7 heteroatoms. The zero-order chi connectivity index (χ0) is 19.3. The summed E-state index contributed by atoms with van der Waals surface area (Å²) in [5, 5.41) is 2.77. The molecule has 0 bridgehead atoms. The first-order chi connectivity index (χ1) is 12.9. The first-order valence-corrected chi connectivity index (χ1v) is 8.82. The number of halogens is 3. The molecule has 1 heterocycles. The number of ether oxygens (including phenoxy) is 1. The molecule has 0 aromatic heterocycles. The van der Waals surface area contributed by atoms with Crippen LogP contribution in [0.4, 0.5) is 18.9 Å². The number of hydrogen-bond acceptors (Lipinski definition) is 3. The second-order valence-corrected chi connectivity index (χ2v) is 6.60. The van der Waals surface area contributed by atoms with E-state index in [1.54, 1.807) is 0 Å². The van der Waals surface area contributed by atoms with E-state index in [9.17, 15) is 18.0 Å². The van der Waals surface area contributed by atoms with Crippen LogP contribution < -0.4 is 10.1 Å². The highest BCUT2D eigenvalue weighted by Gasteiger charge is 2.31. The van der Waals surface area contributed by atoms with Gasteiger partial charge in [0.1, 0.15) is 5.75 Å². The maximum absolute atomic E-state index is 12.4. The van der Waals surface area contributed by atoms with Gasteiger partial charge in [-0.2, -0.15) is 0 Å². The van der Waals surface area contributed by atoms with Crippen molar-refractivity contribution < 1.29 is 22.7 Å². The minimum atomic E-state index is -4.72. The van der Waals surface area contributed by atoms with Gasteiger partial charge in [0, 0.05) is 18.2 Å². The van der Waals surface area contributed by atoms with E-state index in [4.69, 9.17) is 0 Å². The molecule has 0 aliphatic carbocycles. The van der Waals surface area contributed by atoms with Gasteiger partial charge in [0.05, 0.1) is 0 Å². The number of likely N-dealkylation sites (tertiary alicyclic amines) is 1. The molecule has 0 radical (unpaired) electrons. The number of carbonyl (C=O) groups excluding carboxylic acids is 1. The Morgan fingerprint density at radius 3 is 2.26 bits per heavy atom. The predicted octanol–water partition coefficient (Wildman–Crippen LogP) is 4.44.